The minimum Gasteiger partial charge on any atom is -0.337 e. The topological polar surface area (TPSA) is 62.2 Å². The third kappa shape index (κ3) is 5.08. The molecule has 2 N–H and O–H groups in total. The predicted molar refractivity (Wildman–Crippen MR) is 123 cm³/mol. The molecular formula is C23H28ClN5O. The standard InChI is InChI=1S/C23H27N5O.ClH/c1-27-15-13-25-23(27)21-17-24-12-16-28(21)14-11-22(29)26-20-10-6-5-9-19(20)18-7-3-2-4-8-18;/h2-10,13,15,21,24H,11-12,14,16-17H2,1H3,(H,26,29);1H. The van der Waals surface area contributed by atoms with E-state index in [0.717, 1.165) is 42.3 Å². The zero-order chi connectivity index (χ0) is 20.1. The van der Waals surface area contributed by atoms with Crippen molar-refractivity contribution < 1.29 is 4.79 Å². The van der Waals surface area contributed by atoms with Gasteiger partial charge in [-0.05, 0) is 11.6 Å². The van der Waals surface area contributed by atoms with Gasteiger partial charge in [-0.2, -0.15) is 0 Å². The number of anilines is 1. The summed E-state index contributed by atoms with van der Waals surface area (Å²) in [6.07, 6.45) is 4.24. The van der Waals surface area contributed by atoms with Gasteiger partial charge >= 0.3 is 0 Å². The van der Waals surface area contributed by atoms with Gasteiger partial charge in [0, 0.05) is 63.3 Å². The van der Waals surface area contributed by atoms with Gasteiger partial charge in [-0.25, -0.2) is 4.98 Å². The Bertz CT molecular complexity index is 959. The molecule has 0 saturated carbocycles. The number of benzene rings is 2. The van der Waals surface area contributed by atoms with Crippen LogP contribution in [0.3, 0.4) is 0 Å². The van der Waals surface area contributed by atoms with E-state index in [9.17, 15) is 4.79 Å². The Morgan fingerprint density at radius 1 is 1.17 bits per heavy atom. The molecule has 1 fully saturated rings. The van der Waals surface area contributed by atoms with E-state index in [1.807, 2.05) is 61.9 Å². The Morgan fingerprint density at radius 2 is 1.93 bits per heavy atom. The number of nitrogens with zero attached hydrogens (tertiary/aromatic N) is 3. The van der Waals surface area contributed by atoms with Gasteiger partial charge in [0.25, 0.3) is 0 Å². The number of hydrogen-bond acceptors (Lipinski definition) is 4. The summed E-state index contributed by atoms with van der Waals surface area (Å²) in [5.41, 5.74) is 2.99. The van der Waals surface area contributed by atoms with E-state index in [1.54, 1.807) is 0 Å². The quantitative estimate of drug-likeness (QED) is 0.634. The maximum absolute atomic E-state index is 12.7. The molecular weight excluding hydrogens is 398 g/mol. The van der Waals surface area contributed by atoms with E-state index >= 15 is 0 Å². The van der Waals surface area contributed by atoms with Gasteiger partial charge in [-0.15, -0.1) is 12.4 Å². The molecule has 2 aromatic carbocycles. The first-order chi connectivity index (χ1) is 14.2. The van der Waals surface area contributed by atoms with Crippen molar-refractivity contribution in [2.45, 2.75) is 12.5 Å². The van der Waals surface area contributed by atoms with Crippen LogP contribution in [-0.4, -0.2) is 46.5 Å². The number of piperazine rings is 1. The number of aromatic nitrogens is 2. The minimum atomic E-state index is 0. The molecule has 7 heteroatoms. The summed E-state index contributed by atoms with van der Waals surface area (Å²) in [5.74, 6) is 1.07. The lowest BCUT2D eigenvalue weighted by atomic mass is 10.0. The summed E-state index contributed by atoms with van der Waals surface area (Å²) >= 11 is 0. The molecule has 1 atom stereocenters. The monoisotopic (exact) mass is 425 g/mol. The highest BCUT2D eigenvalue weighted by atomic mass is 35.5. The van der Waals surface area contributed by atoms with Crippen LogP contribution in [0.1, 0.15) is 18.3 Å². The summed E-state index contributed by atoms with van der Waals surface area (Å²) in [6, 6.07) is 18.3. The van der Waals surface area contributed by atoms with Crippen molar-refractivity contribution in [3.63, 3.8) is 0 Å². The maximum Gasteiger partial charge on any atom is 0.225 e. The normalized spacial score (nSPS) is 16.6. The van der Waals surface area contributed by atoms with Crippen molar-refractivity contribution in [1.29, 1.82) is 0 Å². The van der Waals surface area contributed by atoms with Crippen molar-refractivity contribution in [3.05, 3.63) is 72.8 Å². The average molecular weight is 426 g/mol. The van der Waals surface area contributed by atoms with Crippen LogP contribution in [0.5, 0.6) is 0 Å². The van der Waals surface area contributed by atoms with Gasteiger partial charge < -0.3 is 15.2 Å². The Balaban J connectivity index is 0.00000256. The molecule has 1 aliphatic heterocycles. The third-order valence-electron chi connectivity index (χ3n) is 5.42. The van der Waals surface area contributed by atoms with Crippen LogP contribution >= 0.6 is 12.4 Å². The van der Waals surface area contributed by atoms with Crippen LogP contribution < -0.4 is 10.6 Å². The third-order valence-corrected chi connectivity index (χ3v) is 5.42. The molecule has 30 heavy (non-hydrogen) atoms. The van der Waals surface area contributed by atoms with Crippen molar-refractivity contribution in [3.8, 4) is 11.1 Å². The van der Waals surface area contributed by atoms with E-state index in [1.165, 1.54) is 0 Å². The molecule has 0 spiro atoms. The van der Waals surface area contributed by atoms with Crippen LogP contribution in [-0.2, 0) is 11.8 Å². The highest BCUT2D eigenvalue weighted by Gasteiger charge is 2.26. The molecule has 0 bridgehead atoms. The SMILES string of the molecule is Cl.Cn1ccnc1C1CNCCN1CCC(=O)Nc1ccccc1-c1ccccc1. The van der Waals surface area contributed by atoms with Gasteiger partial charge in [-0.3, -0.25) is 9.69 Å². The van der Waals surface area contributed by atoms with Gasteiger partial charge in [0.05, 0.1) is 6.04 Å². The van der Waals surface area contributed by atoms with E-state index in [2.05, 4.69) is 37.2 Å². The van der Waals surface area contributed by atoms with E-state index < -0.39 is 0 Å². The fourth-order valence-electron chi connectivity index (χ4n) is 3.89. The molecule has 1 unspecified atom stereocenters. The van der Waals surface area contributed by atoms with Gasteiger partial charge in [0.15, 0.2) is 0 Å². The Labute approximate surface area is 183 Å². The zero-order valence-corrected chi connectivity index (χ0v) is 17.9. The van der Waals surface area contributed by atoms with Gasteiger partial charge in [-0.1, -0.05) is 48.5 Å². The van der Waals surface area contributed by atoms with Gasteiger partial charge in [0.2, 0.25) is 5.91 Å². The van der Waals surface area contributed by atoms with E-state index in [-0.39, 0.29) is 24.4 Å². The van der Waals surface area contributed by atoms with E-state index in [0.29, 0.717) is 13.0 Å². The largest absolute Gasteiger partial charge is 0.337 e. The summed E-state index contributed by atoms with van der Waals surface area (Å²) in [7, 11) is 2.02. The Kier molecular flexibility index (Phi) is 7.63. The molecule has 6 nitrogen and oxygen atoms in total. The number of carbonyl (C=O) groups is 1. The number of imidazole rings is 1. The number of nitrogens with one attached hydrogen (secondary N) is 2. The predicted octanol–water partition coefficient (Wildman–Crippen LogP) is 3.48. The molecule has 3 aromatic rings. The number of hydrogen-bond donors (Lipinski definition) is 2. The minimum absolute atomic E-state index is 0. The number of carbonyl (C=O) groups excluding carboxylic acids is 1. The van der Waals surface area contributed by atoms with Crippen LogP contribution in [0.2, 0.25) is 0 Å². The second-order valence-electron chi connectivity index (χ2n) is 7.36. The zero-order valence-electron chi connectivity index (χ0n) is 17.1. The average Bonchev–Trinajstić information content (AvgIpc) is 3.19. The van der Waals surface area contributed by atoms with Gasteiger partial charge in [0.1, 0.15) is 5.82 Å². The number of aryl methyl sites for hydroxylation is 1. The first-order valence-corrected chi connectivity index (χ1v) is 10.1. The molecule has 1 saturated heterocycles. The number of rotatable bonds is 6. The van der Waals surface area contributed by atoms with E-state index in [4.69, 9.17) is 0 Å². The number of halogens is 1. The molecule has 1 aromatic heterocycles. The second kappa shape index (κ2) is 10.4. The molecule has 0 radical (unpaired) electrons. The molecule has 4 rings (SSSR count). The highest BCUT2D eigenvalue weighted by molar-refractivity contribution is 5.95. The van der Waals surface area contributed by atoms with Crippen molar-refractivity contribution in [2.75, 3.05) is 31.5 Å². The summed E-state index contributed by atoms with van der Waals surface area (Å²) in [5, 5.41) is 6.55. The second-order valence-corrected chi connectivity index (χ2v) is 7.36. The molecule has 158 valence electrons. The molecule has 1 amide bonds. The van der Waals surface area contributed by atoms with Crippen LogP contribution in [0.4, 0.5) is 5.69 Å². The lowest BCUT2D eigenvalue weighted by Gasteiger charge is -2.35. The highest BCUT2D eigenvalue weighted by Crippen LogP contribution is 2.28. The maximum atomic E-state index is 12.7. The lowest BCUT2D eigenvalue weighted by molar-refractivity contribution is -0.116. The molecule has 1 aliphatic rings. The molecule has 0 aliphatic carbocycles. The lowest BCUT2D eigenvalue weighted by Crippen LogP contribution is -2.47. The fraction of sp³-hybridized carbons (Fsp3) is 0.304. The van der Waals surface area contributed by atoms with Crippen LogP contribution in [0.15, 0.2) is 67.0 Å². The smallest absolute Gasteiger partial charge is 0.225 e. The first kappa shape index (κ1) is 22.0. The first-order valence-electron chi connectivity index (χ1n) is 10.1. The van der Waals surface area contributed by atoms with Crippen LogP contribution in [0, 0.1) is 0 Å². The number of amides is 1. The summed E-state index contributed by atoms with van der Waals surface area (Å²) in [6.45, 7) is 3.40. The summed E-state index contributed by atoms with van der Waals surface area (Å²) in [4.78, 5) is 19.6. The fourth-order valence-corrected chi connectivity index (χ4v) is 3.89. The Hall–Kier alpha value is -2.67. The van der Waals surface area contributed by atoms with Crippen molar-refractivity contribution in [2.24, 2.45) is 7.05 Å². The summed E-state index contributed by atoms with van der Waals surface area (Å²) < 4.78 is 2.06. The molecule has 2 heterocycles. The van der Waals surface area contributed by atoms with Crippen LogP contribution in [0.25, 0.3) is 11.1 Å². The van der Waals surface area contributed by atoms with Crippen molar-refractivity contribution in [1.82, 2.24) is 19.8 Å². The number of para-hydroxylation sites is 1. The Morgan fingerprint density at radius 3 is 2.70 bits per heavy atom. The van der Waals surface area contributed by atoms with Crippen molar-refractivity contribution >= 4 is 24.0 Å².